The van der Waals surface area contributed by atoms with Gasteiger partial charge in [0.15, 0.2) is 0 Å². The minimum absolute atomic E-state index is 0.218. The van der Waals surface area contributed by atoms with Crippen molar-refractivity contribution in [2.75, 3.05) is 18.4 Å². The molecule has 7 nitrogen and oxygen atoms in total. The van der Waals surface area contributed by atoms with Crippen LogP contribution >= 0.6 is 11.3 Å². The quantitative estimate of drug-likeness (QED) is 0.661. The van der Waals surface area contributed by atoms with E-state index >= 15 is 0 Å². The number of nitrogens with one attached hydrogen (secondary N) is 3. The highest BCUT2D eigenvalue weighted by Gasteiger charge is 2.15. The molecule has 144 valence electrons. The number of alkyl carbamates (subject to hydrolysis) is 1. The minimum Gasteiger partial charge on any atom is -0.444 e. The number of anilines is 1. The summed E-state index contributed by atoms with van der Waals surface area (Å²) in [6.45, 7) is 5.83. The van der Waals surface area contributed by atoms with Gasteiger partial charge in [0, 0.05) is 24.3 Å². The summed E-state index contributed by atoms with van der Waals surface area (Å²) < 4.78 is 5.11. The van der Waals surface area contributed by atoms with Crippen LogP contribution in [0, 0.1) is 0 Å². The van der Waals surface area contributed by atoms with Crippen LogP contribution in [0.2, 0.25) is 0 Å². The van der Waals surface area contributed by atoms with Crippen LogP contribution < -0.4 is 16.0 Å². The molecule has 2 rings (SSSR count). The summed E-state index contributed by atoms with van der Waals surface area (Å²) in [5, 5.41) is 9.86. The van der Waals surface area contributed by atoms with E-state index in [0.29, 0.717) is 16.1 Å². The topological polar surface area (TPSA) is 96.5 Å². The molecule has 0 saturated heterocycles. The Morgan fingerprint density at radius 2 is 1.74 bits per heavy atom. The first-order chi connectivity index (χ1) is 12.7. The number of amides is 3. The standard InChI is InChI=1S/C19H23N3O4S/c1-19(2,3)26-18(25)21-10-9-20-16(23)13-6-4-7-14(12-13)22-17(24)15-8-5-11-27-15/h4-8,11-12H,9-10H2,1-3H3,(H,20,23)(H,21,25)(H,22,24). The van der Waals surface area contributed by atoms with Crippen molar-refractivity contribution in [2.45, 2.75) is 26.4 Å². The maximum atomic E-state index is 12.2. The van der Waals surface area contributed by atoms with Crippen molar-refractivity contribution in [3.63, 3.8) is 0 Å². The third-order valence-corrected chi connectivity index (χ3v) is 4.08. The van der Waals surface area contributed by atoms with Gasteiger partial charge in [-0.1, -0.05) is 12.1 Å². The number of rotatable bonds is 6. The van der Waals surface area contributed by atoms with Gasteiger partial charge in [-0.2, -0.15) is 0 Å². The van der Waals surface area contributed by atoms with Crippen LogP contribution in [0.25, 0.3) is 0 Å². The molecule has 0 fully saturated rings. The average Bonchev–Trinajstić information content (AvgIpc) is 3.12. The first kappa shape index (κ1) is 20.4. The number of ether oxygens (including phenoxy) is 1. The van der Waals surface area contributed by atoms with Crippen molar-refractivity contribution in [3.8, 4) is 0 Å². The van der Waals surface area contributed by atoms with Gasteiger partial charge in [0.05, 0.1) is 4.88 Å². The third kappa shape index (κ3) is 7.10. The van der Waals surface area contributed by atoms with Crippen molar-refractivity contribution >= 4 is 34.9 Å². The molecule has 0 spiro atoms. The maximum absolute atomic E-state index is 12.2. The first-order valence-electron chi connectivity index (χ1n) is 8.44. The highest BCUT2D eigenvalue weighted by Crippen LogP contribution is 2.15. The van der Waals surface area contributed by atoms with Crippen LogP contribution in [0.15, 0.2) is 41.8 Å². The molecule has 1 aromatic heterocycles. The Morgan fingerprint density at radius 3 is 2.41 bits per heavy atom. The van der Waals surface area contributed by atoms with E-state index in [1.54, 1.807) is 57.2 Å². The molecule has 3 N–H and O–H groups in total. The largest absolute Gasteiger partial charge is 0.444 e. The number of benzene rings is 1. The molecule has 8 heteroatoms. The van der Waals surface area contributed by atoms with E-state index in [-0.39, 0.29) is 24.9 Å². The maximum Gasteiger partial charge on any atom is 0.407 e. The Balaban J connectivity index is 1.81. The molecule has 1 aromatic carbocycles. The molecule has 0 unspecified atom stereocenters. The lowest BCUT2D eigenvalue weighted by molar-refractivity contribution is 0.0526. The van der Waals surface area contributed by atoms with Crippen molar-refractivity contribution in [1.82, 2.24) is 10.6 Å². The highest BCUT2D eigenvalue weighted by molar-refractivity contribution is 7.12. The summed E-state index contributed by atoms with van der Waals surface area (Å²) in [4.78, 5) is 36.4. The summed E-state index contributed by atoms with van der Waals surface area (Å²) in [5.41, 5.74) is 0.380. The molecule has 0 saturated carbocycles. The smallest absolute Gasteiger partial charge is 0.407 e. The fourth-order valence-corrected chi connectivity index (χ4v) is 2.71. The number of hydrogen-bond acceptors (Lipinski definition) is 5. The number of carbonyl (C=O) groups excluding carboxylic acids is 3. The Bertz CT molecular complexity index is 798. The zero-order valence-corrected chi connectivity index (χ0v) is 16.3. The zero-order valence-electron chi connectivity index (χ0n) is 15.5. The van der Waals surface area contributed by atoms with Crippen LogP contribution in [0.5, 0.6) is 0 Å². The average molecular weight is 389 g/mol. The monoisotopic (exact) mass is 389 g/mol. The molecule has 0 aliphatic carbocycles. The van der Waals surface area contributed by atoms with Crippen LogP contribution in [0.4, 0.5) is 10.5 Å². The lowest BCUT2D eigenvalue weighted by Crippen LogP contribution is -2.37. The summed E-state index contributed by atoms with van der Waals surface area (Å²) in [6.07, 6.45) is -0.532. The Hall–Kier alpha value is -2.87. The Labute approximate surface area is 162 Å². The summed E-state index contributed by atoms with van der Waals surface area (Å²) in [5.74, 6) is -0.516. The van der Waals surface area contributed by atoms with Crippen molar-refractivity contribution < 1.29 is 19.1 Å². The van der Waals surface area contributed by atoms with Crippen molar-refractivity contribution in [3.05, 3.63) is 52.2 Å². The first-order valence-corrected chi connectivity index (χ1v) is 9.32. The second-order valence-corrected chi connectivity index (χ2v) is 7.64. The fraction of sp³-hybridized carbons (Fsp3) is 0.316. The third-order valence-electron chi connectivity index (χ3n) is 3.21. The minimum atomic E-state index is -0.568. The summed E-state index contributed by atoms with van der Waals surface area (Å²) in [7, 11) is 0. The molecule has 3 amide bonds. The lowest BCUT2D eigenvalue weighted by Gasteiger charge is -2.19. The van der Waals surface area contributed by atoms with Gasteiger partial charge in [-0.25, -0.2) is 4.79 Å². The second-order valence-electron chi connectivity index (χ2n) is 6.70. The number of thiophene rings is 1. The summed E-state index contributed by atoms with van der Waals surface area (Å²) >= 11 is 1.34. The van der Waals surface area contributed by atoms with Gasteiger partial charge in [0.1, 0.15) is 5.60 Å². The van der Waals surface area contributed by atoms with Gasteiger partial charge < -0.3 is 20.7 Å². The van der Waals surface area contributed by atoms with Crippen LogP contribution in [0.1, 0.15) is 40.8 Å². The van der Waals surface area contributed by atoms with E-state index in [0.717, 1.165) is 0 Å². The lowest BCUT2D eigenvalue weighted by atomic mass is 10.2. The van der Waals surface area contributed by atoms with Gasteiger partial charge in [-0.3, -0.25) is 9.59 Å². The van der Waals surface area contributed by atoms with Gasteiger partial charge in [0.2, 0.25) is 0 Å². The second kappa shape index (κ2) is 9.18. The molecule has 0 bridgehead atoms. The van der Waals surface area contributed by atoms with E-state index < -0.39 is 11.7 Å². The predicted molar refractivity (Wildman–Crippen MR) is 105 cm³/mol. The molecule has 0 aliphatic rings. The van der Waals surface area contributed by atoms with Gasteiger partial charge >= 0.3 is 6.09 Å². The van der Waals surface area contributed by atoms with E-state index in [9.17, 15) is 14.4 Å². The van der Waals surface area contributed by atoms with Crippen LogP contribution in [0.3, 0.4) is 0 Å². The molecule has 1 heterocycles. The van der Waals surface area contributed by atoms with Gasteiger partial charge in [-0.05, 0) is 50.4 Å². The fourth-order valence-electron chi connectivity index (χ4n) is 2.10. The van der Waals surface area contributed by atoms with E-state index in [1.165, 1.54) is 11.3 Å². The SMILES string of the molecule is CC(C)(C)OC(=O)NCCNC(=O)c1cccc(NC(=O)c2cccs2)c1. The molecule has 0 atom stereocenters. The predicted octanol–water partition coefficient (Wildman–Crippen LogP) is 3.25. The van der Waals surface area contributed by atoms with E-state index in [4.69, 9.17) is 4.74 Å². The molecular weight excluding hydrogens is 366 g/mol. The number of carbonyl (C=O) groups is 3. The highest BCUT2D eigenvalue weighted by atomic mass is 32.1. The molecule has 2 aromatic rings. The normalized spacial score (nSPS) is 10.8. The van der Waals surface area contributed by atoms with E-state index in [1.807, 2.05) is 5.38 Å². The molecule has 27 heavy (non-hydrogen) atoms. The van der Waals surface area contributed by atoms with Gasteiger partial charge in [0.25, 0.3) is 11.8 Å². The van der Waals surface area contributed by atoms with Crippen molar-refractivity contribution in [2.24, 2.45) is 0 Å². The molecular formula is C19H23N3O4S. The Morgan fingerprint density at radius 1 is 1.00 bits per heavy atom. The van der Waals surface area contributed by atoms with Gasteiger partial charge in [-0.15, -0.1) is 11.3 Å². The number of hydrogen-bond donors (Lipinski definition) is 3. The van der Waals surface area contributed by atoms with Crippen LogP contribution in [-0.4, -0.2) is 36.6 Å². The Kier molecular flexibility index (Phi) is 6.95. The molecule has 0 aliphatic heterocycles. The zero-order chi connectivity index (χ0) is 19.9. The molecule has 0 radical (unpaired) electrons. The van der Waals surface area contributed by atoms with E-state index in [2.05, 4.69) is 16.0 Å². The summed E-state index contributed by atoms with van der Waals surface area (Å²) in [6, 6.07) is 10.2. The van der Waals surface area contributed by atoms with Crippen LogP contribution in [-0.2, 0) is 4.74 Å². The van der Waals surface area contributed by atoms with Crippen molar-refractivity contribution in [1.29, 1.82) is 0 Å².